The van der Waals surface area contributed by atoms with E-state index in [4.69, 9.17) is 5.11 Å². The number of carboxylic acids is 1. The van der Waals surface area contributed by atoms with E-state index in [9.17, 15) is 4.79 Å². The Morgan fingerprint density at radius 1 is 1.42 bits per heavy atom. The van der Waals surface area contributed by atoms with Crippen LogP contribution >= 0.6 is 15.9 Å². The summed E-state index contributed by atoms with van der Waals surface area (Å²) in [6.45, 7) is 3.67. The summed E-state index contributed by atoms with van der Waals surface area (Å²) in [6.07, 6.45) is 2.65. The molecule has 0 saturated carbocycles. The number of hydrogen-bond acceptors (Lipinski definition) is 3. The number of benzene rings is 1. The number of nitrogens with zero attached hydrogens (tertiary/aromatic N) is 3. The highest BCUT2D eigenvalue weighted by Gasteiger charge is 2.09. The number of aryl methyl sites for hydroxylation is 2. The number of rotatable bonds is 3. The molecule has 0 saturated heterocycles. The van der Waals surface area contributed by atoms with Crippen LogP contribution in [-0.2, 0) is 4.79 Å². The van der Waals surface area contributed by atoms with Crippen LogP contribution in [0.25, 0.3) is 11.8 Å². The number of hydrogen-bond donors (Lipinski definition) is 1. The summed E-state index contributed by atoms with van der Waals surface area (Å²) in [6, 6.07) is 5.56. The van der Waals surface area contributed by atoms with Gasteiger partial charge >= 0.3 is 5.97 Å². The second kappa shape index (κ2) is 5.36. The van der Waals surface area contributed by atoms with E-state index in [1.807, 2.05) is 32.0 Å². The fourth-order valence-electron chi connectivity index (χ4n) is 1.75. The lowest BCUT2D eigenvalue weighted by Gasteiger charge is -2.08. The highest BCUT2D eigenvalue weighted by molar-refractivity contribution is 9.10. The third kappa shape index (κ3) is 3.08. The van der Waals surface area contributed by atoms with Crippen molar-refractivity contribution < 1.29 is 9.90 Å². The molecule has 2 rings (SSSR count). The molecule has 1 heterocycles. The van der Waals surface area contributed by atoms with Crippen LogP contribution in [0.15, 0.2) is 28.7 Å². The van der Waals surface area contributed by atoms with Gasteiger partial charge in [0, 0.05) is 16.1 Å². The molecular weight excluding hydrogens is 310 g/mol. The summed E-state index contributed by atoms with van der Waals surface area (Å²) in [7, 11) is 0. The van der Waals surface area contributed by atoms with Gasteiger partial charge in [-0.1, -0.05) is 22.0 Å². The van der Waals surface area contributed by atoms with Crippen molar-refractivity contribution in [1.29, 1.82) is 0 Å². The molecule has 0 spiro atoms. The zero-order valence-corrected chi connectivity index (χ0v) is 12.0. The number of aliphatic carboxylic acids is 1. The highest BCUT2D eigenvalue weighted by atomic mass is 79.9. The monoisotopic (exact) mass is 321 g/mol. The van der Waals surface area contributed by atoms with E-state index in [1.54, 1.807) is 10.8 Å². The first-order chi connectivity index (χ1) is 8.97. The van der Waals surface area contributed by atoms with E-state index in [0.717, 1.165) is 27.6 Å². The fraction of sp³-hybridized carbons (Fsp3) is 0.154. The van der Waals surface area contributed by atoms with E-state index >= 15 is 0 Å². The standard InChI is InChI=1S/C13H12BrN3O2/c1-8-15-9(2)17(16-8)12-7-11(14)5-3-10(12)4-6-13(18)19/h3-7H,1-2H3,(H,18,19)/b6-4+. The molecule has 5 nitrogen and oxygen atoms in total. The van der Waals surface area contributed by atoms with E-state index in [0.29, 0.717) is 5.82 Å². The molecule has 0 radical (unpaired) electrons. The van der Waals surface area contributed by atoms with E-state index in [1.165, 1.54) is 0 Å². The second-order valence-electron chi connectivity index (χ2n) is 3.99. The van der Waals surface area contributed by atoms with Crippen molar-refractivity contribution in [3.8, 4) is 5.69 Å². The Labute approximate surface area is 118 Å². The van der Waals surface area contributed by atoms with Gasteiger partial charge in [-0.2, -0.15) is 5.10 Å². The Balaban J connectivity index is 2.57. The normalized spacial score (nSPS) is 11.1. The molecule has 1 aromatic heterocycles. The third-order valence-corrected chi connectivity index (χ3v) is 2.99. The number of carbonyl (C=O) groups is 1. The smallest absolute Gasteiger partial charge is 0.328 e. The van der Waals surface area contributed by atoms with Gasteiger partial charge in [0.2, 0.25) is 0 Å². The summed E-state index contributed by atoms with van der Waals surface area (Å²) in [4.78, 5) is 14.9. The predicted molar refractivity (Wildman–Crippen MR) is 75.2 cm³/mol. The van der Waals surface area contributed by atoms with Gasteiger partial charge < -0.3 is 5.11 Å². The average Bonchev–Trinajstić information content (AvgIpc) is 2.66. The van der Waals surface area contributed by atoms with Crippen molar-refractivity contribution in [2.75, 3.05) is 0 Å². The predicted octanol–water partition coefficient (Wildman–Crippen LogP) is 2.74. The van der Waals surface area contributed by atoms with Crippen LogP contribution in [0.2, 0.25) is 0 Å². The van der Waals surface area contributed by atoms with Crippen LogP contribution < -0.4 is 0 Å². The van der Waals surface area contributed by atoms with Gasteiger partial charge in [-0.15, -0.1) is 0 Å². The van der Waals surface area contributed by atoms with Crippen molar-refractivity contribution in [1.82, 2.24) is 14.8 Å². The van der Waals surface area contributed by atoms with Crippen LogP contribution in [-0.4, -0.2) is 25.8 Å². The molecule has 0 fully saturated rings. The molecule has 6 heteroatoms. The minimum atomic E-state index is -0.986. The average molecular weight is 322 g/mol. The molecule has 0 aliphatic heterocycles. The Kier molecular flexibility index (Phi) is 3.80. The van der Waals surface area contributed by atoms with Crippen molar-refractivity contribution in [3.63, 3.8) is 0 Å². The molecule has 0 unspecified atom stereocenters. The van der Waals surface area contributed by atoms with E-state index in [-0.39, 0.29) is 0 Å². The van der Waals surface area contributed by atoms with E-state index < -0.39 is 5.97 Å². The molecule has 0 bridgehead atoms. The van der Waals surface area contributed by atoms with Crippen LogP contribution in [0.5, 0.6) is 0 Å². The minimum absolute atomic E-state index is 0.672. The second-order valence-corrected chi connectivity index (χ2v) is 4.91. The summed E-state index contributed by atoms with van der Waals surface area (Å²) >= 11 is 3.40. The molecule has 2 aromatic rings. The molecule has 1 N–H and O–H groups in total. The lowest BCUT2D eigenvalue weighted by atomic mass is 10.1. The third-order valence-electron chi connectivity index (χ3n) is 2.50. The topological polar surface area (TPSA) is 68.0 Å². The van der Waals surface area contributed by atoms with Gasteiger partial charge in [-0.3, -0.25) is 0 Å². The SMILES string of the molecule is Cc1nc(C)n(-c2cc(Br)ccc2/C=C/C(=O)O)n1. The van der Waals surface area contributed by atoms with Crippen molar-refractivity contribution >= 4 is 28.0 Å². The number of halogens is 1. The first-order valence-electron chi connectivity index (χ1n) is 5.58. The maximum Gasteiger partial charge on any atom is 0.328 e. The largest absolute Gasteiger partial charge is 0.478 e. The van der Waals surface area contributed by atoms with Gasteiger partial charge in [0.15, 0.2) is 0 Å². The zero-order chi connectivity index (χ0) is 14.0. The molecule has 1 aromatic carbocycles. The highest BCUT2D eigenvalue weighted by Crippen LogP contribution is 2.22. The van der Waals surface area contributed by atoms with Gasteiger partial charge in [-0.25, -0.2) is 14.5 Å². The molecule has 0 atom stereocenters. The molecular formula is C13H12BrN3O2. The number of aromatic nitrogens is 3. The molecule has 0 aliphatic rings. The quantitative estimate of drug-likeness (QED) is 0.882. The maximum atomic E-state index is 10.6. The van der Waals surface area contributed by atoms with Crippen molar-refractivity contribution in [2.45, 2.75) is 13.8 Å². The fourth-order valence-corrected chi connectivity index (χ4v) is 2.10. The summed E-state index contributed by atoms with van der Waals surface area (Å²) in [5.74, 6) is 0.437. The summed E-state index contributed by atoms with van der Waals surface area (Å²) in [5, 5.41) is 13.0. The summed E-state index contributed by atoms with van der Waals surface area (Å²) < 4.78 is 2.59. The Morgan fingerprint density at radius 2 is 2.16 bits per heavy atom. The van der Waals surface area contributed by atoms with Crippen LogP contribution in [0, 0.1) is 13.8 Å². The van der Waals surface area contributed by atoms with Gasteiger partial charge in [0.1, 0.15) is 11.6 Å². The van der Waals surface area contributed by atoms with Gasteiger partial charge in [0.05, 0.1) is 5.69 Å². The van der Waals surface area contributed by atoms with Crippen LogP contribution in [0.3, 0.4) is 0 Å². The van der Waals surface area contributed by atoms with Gasteiger partial charge in [0.25, 0.3) is 0 Å². The lowest BCUT2D eigenvalue weighted by molar-refractivity contribution is -0.131. The maximum absolute atomic E-state index is 10.6. The van der Waals surface area contributed by atoms with Crippen LogP contribution in [0.1, 0.15) is 17.2 Å². The Hall–Kier alpha value is -1.95. The lowest BCUT2D eigenvalue weighted by Crippen LogP contribution is -2.02. The van der Waals surface area contributed by atoms with Crippen molar-refractivity contribution in [3.05, 3.63) is 46.0 Å². The first kappa shape index (κ1) is 13.5. The summed E-state index contributed by atoms with van der Waals surface area (Å²) in [5.41, 5.74) is 1.54. The van der Waals surface area contributed by atoms with E-state index in [2.05, 4.69) is 26.0 Å². The van der Waals surface area contributed by atoms with Crippen molar-refractivity contribution in [2.24, 2.45) is 0 Å². The Morgan fingerprint density at radius 3 is 2.74 bits per heavy atom. The Bertz CT molecular complexity index is 662. The van der Waals surface area contributed by atoms with Gasteiger partial charge in [-0.05, 0) is 32.1 Å². The molecule has 19 heavy (non-hydrogen) atoms. The zero-order valence-electron chi connectivity index (χ0n) is 10.5. The first-order valence-corrected chi connectivity index (χ1v) is 6.38. The van der Waals surface area contributed by atoms with Crippen LogP contribution in [0.4, 0.5) is 0 Å². The minimum Gasteiger partial charge on any atom is -0.478 e. The molecule has 0 aliphatic carbocycles. The number of carboxylic acid groups (broad SMARTS) is 1. The molecule has 0 amide bonds. The molecule has 98 valence electrons.